The van der Waals surface area contributed by atoms with Gasteiger partial charge in [-0.3, -0.25) is 14.6 Å². The molecule has 2 rings (SSSR count). The van der Waals surface area contributed by atoms with Crippen LogP contribution < -0.4 is 5.32 Å². The van der Waals surface area contributed by atoms with Crippen LogP contribution in [0.25, 0.3) is 0 Å². The summed E-state index contributed by atoms with van der Waals surface area (Å²) in [5.41, 5.74) is 0.938. The molecule has 1 fully saturated rings. The van der Waals surface area contributed by atoms with Crippen LogP contribution in [0.3, 0.4) is 0 Å². The molecule has 114 valence electrons. The van der Waals surface area contributed by atoms with Crippen molar-refractivity contribution in [2.45, 2.75) is 33.1 Å². The third kappa shape index (κ3) is 4.03. The van der Waals surface area contributed by atoms with Crippen molar-refractivity contribution >= 4 is 11.8 Å². The molecule has 1 aromatic rings. The van der Waals surface area contributed by atoms with Crippen LogP contribution in [0.1, 0.15) is 53.8 Å². The van der Waals surface area contributed by atoms with Gasteiger partial charge in [0, 0.05) is 32.0 Å². The first kappa shape index (κ1) is 15.5. The Kier molecular flexibility index (Phi) is 5.31. The van der Waals surface area contributed by atoms with Crippen molar-refractivity contribution in [3.63, 3.8) is 0 Å². The second kappa shape index (κ2) is 7.20. The van der Waals surface area contributed by atoms with E-state index in [2.05, 4.69) is 17.2 Å². The van der Waals surface area contributed by atoms with Gasteiger partial charge in [0.05, 0.1) is 11.1 Å². The minimum absolute atomic E-state index is 0.0285. The van der Waals surface area contributed by atoms with Gasteiger partial charge in [0.1, 0.15) is 0 Å². The van der Waals surface area contributed by atoms with E-state index in [9.17, 15) is 9.59 Å². The maximum atomic E-state index is 12.5. The number of amides is 2. The number of hydrogen-bond donors (Lipinski definition) is 1. The predicted octanol–water partition coefficient (Wildman–Crippen LogP) is 2.09. The second-order valence-electron chi connectivity index (χ2n) is 5.72. The molecule has 2 amide bonds. The Morgan fingerprint density at radius 2 is 2.14 bits per heavy atom. The zero-order chi connectivity index (χ0) is 15.2. The molecule has 0 saturated carbocycles. The Bertz CT molecular complexity index is 516. The Morgan fingerprint density at radius 3 is 2.86 bits per heavy atom. The van der Waals surface area contributed by atoms with E-state index in [1.807, 2.05) is 11.8 Å². The molecule has 1 N–H and O–H groups in total. The first-order chi connectivity index (χ1) is 10.1. The number of likely N-dealkylation sites (tertiary alicyclic amines) is 1. The molecule has 0 aromatic carbocycles. The van der Waals surface area contributed by atoms with Crippen LogP contribution in [-0.2, 0) is 0 Å². The van der Waals surface area contributed by atoms with E-state index in [4.69, 9.17) is 0 Å². The summed E-state index contributed by atoms with van der Waals surface area (Å²) < 4.78 is 0. The lowest BCUT2D eigenvalue weighted by atomic mass is 9.99. The summed E-state index contributed by atoms with van der Waals surface area (Å²) in [6, 6.07) is 1.64. The molecule has 0 bridgehead atoms. The summed E-state index contributed by atoms with van der Waals surface area (Å²) in [6.45, 7) is 6.35. The maximum absolute atomic E-state index is 12.5. The van der Waals surface area contributed by atoms with E-state index in [-0.39, 0.29) is 11.8 Å². The predicted molar refractivity (Wildman–Crippen MR) is 81.2 cm³/mol. The number of nitrogens with one attached hydrogen (secondary N) is 1. The molecule has 5 nitrogen and oxygen atoms in total. The number of carbonyl (C=O) groups is 2. The standard InChI is InChI=1S/C16H23N3O2/c1-3-6-18-15(20)13-8-14(10-17-9-13)16(21)19-7-4-5-12(2)11-19/h8-10,12H,3-7,11H2,1-2H3,(H,18,20). The van der Waals surface area contributed by atoms with Gasteiger partial charge in [0.25, 0.3) is 11.8 Å². The lowest BCUT2D eigenvalue weighted by Crippen LogP contribution is -2.39. The van der Waals surface area contributed by atoms with Crippen LogP contribution in [0.5, 0.6) is 0 Å². The third-order valence-corrected chi connectivity index (χ3v) is 3.73. The van der Waals surface area contributed by atoms with Crippen LogP contribution in [0.2, 0.25) is 0 Å². The molecule has 5 heteroatoms. The number of carbonyl (C=O) groups excluding carboxylic acids is 2. The highest BCUT2D eigenvalue weighted by atomic mass is 16.2. The SMILES string of the molecule is CCCNC(=O)c1cncc(C(=O)N2CCCC(C)C2)c1. The average molecular weight is 289 g/mol. The lowest BCUT2D eigenvalue weighted by molar-refractivity contribution is 0.0682. The van der Waals surface area contributed by atoms with Gasteiger partial charge in [-0.05, 0) is 31.2 Å². The minimum Gasteiger partial charge on any atom is -0.352 e. The number of rotatable bonds is 4. The quantitative estimate of drug-likeness (QED) is 0.923. The number of aromatic nitrogens is 1. The van der Waals surface area contributed by atoms with Crippen LogP contribution in [0.4, 0.5) is 0 Å². The molecular weight excluding hydrogens is 266 g/mol. The van der Waals surface area contributed by atoms with Gasteiger partial charge in [0.15, 0.2) is 0 Å². The van der Waals surface area contributed by atoms with Crippen LogP contribution in [0, 0.1) is 5.92 Å². The fraction of sp³-hybridized carbons (Fsp3) is 0.562. The monoisotopic (exact) mass is 289 g/mol. The smallest absolute Gasteiger partial charge is 0.255 e. The van der Waals surface area contributed by atoms with Gasteiger partial charge in [0.2, 0.25) is 0 Å². The maximum Gasteiger partial charge on any atom is 0.255 e. The number of piperidine rings is 1. The average Bonchev–Trinajstić information content (AvgIpc) is 2.52. The summed E-state index contributed by atoms with van der Waals surface area (Å²) in [7, 11) is 0. The van der Waals surface area contributed by atoms with E-state index in [1.54, 1.807) is 6.07 Å². The molecule has 2 heterocycles. The highest BCUT2D eigenvalue weighted by Gasteiger charge is 2.22. The molecule has 0 aliphatic carbocycles. The Morgan fingerprint density at radius 1 is 1.38 bits per heavy atom. The first-order valence-electron chi connectivity index (χ1n) is 7.64. The van der Waals surface area contributed by atoms with Crippen molar-refractivity contribution in [3.05, 3.63) is 29.6 Å². The molecule has 1 aliphatic rings. The molecule has 1 aliphatic heterocycles. The fourth-order valence-electron chi connectivity index (χ4n) is 2.58. The van der Waals surface area contributed by atoms with Crippen molar-refractivity contribution in [1.82, 2.24) is 15.2 Å². The first-order valence-corrected chi connectivity index (χ1v) is 7.64. The summed E-state index contributed by atoms with van der Waals surface area (Å²) in [4.78, 5) is 30.3. The van der Waals surface area contributed by atoms with Gasteiger partial charge in [-0.1, -0.05) is 13.8 Å². The highest BCUT2D eigenvalue weighted by molar-refractivity contribution is 5.99. The van der Waals surface area contributed by atoms with Crippen molar-refractivity contribution in [1.29, 1.82) is 0 Å². The lowest BCUT2D eigenvalue weighted by Gasteiger charge is -2.30. The van der Waals surface area contributed by atoms with Crippen molar-refractivity contribution in [2.75, 3.05) is 19.6 Å². The fourth-order valence-corrected chi connectivity index (χ4v) is 2.58. The van der Waals surface area contributed by atoms with E-state index in [0.29, 0.717) is 23.6 Å². The number of nitrogens with zero attached hydrogens (tertiary/aromatic N) is 2. The van der Waals surface area contributed by atoms with Gasteiger partial charge in [-0.25, -0.2) is 0 Å². The number of pyridine rings is 1. The van der Waals surface area contributed by atoms with Crippen LogP contribution in [-0.4, -0.2) is 41.3 Å². The van der Waals surface area contributed by atoms with E-state index in [0.717, 1.165) is 25.9 Å². The zero-order valence-corrected chi connectivity index (χ0v) is 12.8. The summed E-state index contributed by atoms with van der Waals surface area (Å²) in [5, 5.41) is 2.80. The van der Waals surface area contributed by atoms with Crippen molar-refractivity contribution < 1.29 is 9.59 Å². The van der Waals surface area contributed by atoms with Crippen molar-refractivity contribution in [2.24, 2.45) is 5.92 Å². The summed E-state index contributed by atoms with van der Waals surface area (Å²) in [6.07, 6.45) is 6.13. The van der Waals surface area contributed by atoms with Gasteiger partial charge in [-0.15, -0.1) is 0 Å². The van der Waals surface area contributed by atoms with Gasteiger partial charge in [-0.2, -0.15) is 0 Å². The summed E-state index contributed by atoms with van der Waals surface area (Å²) >= 11 is 0. The Hall–Kier alpha value is -1.91. The van der Waals surface area contributed by atoms with Crippen LogP contribution >= 0.6 is 0 Å². The molecule has 0 spiro atoms. The molecule has 1 aromatic heterocycles. The van der Waals surface area contributed by atoms with E-state index >= 15 is 0 Å². The molecule has 1 saturated heterocycles. The van der Waals surface area contributed by atoms with E-state index in [1.165, 1.54) is 18.8 Å². The molecule has 1 unspecified atom stereocenters. The molecule has 0 radical (unpaired) electrons. The number of hydrogen-bond acceptors (Lipinski definition) is 3. The van der Waals surface area contributed by atoms with Crippen molar-refractivity contribution in [3.8, 4) is 0 Å². The normalized spacial score (nSPS) is 18.4. The Balaban J connectivity index is 2.09. The van der Waals surface area contributed by atoms with Gasteiger partial charge < -0.3 is 10.2 Å². The Labute approximate surface area is 125 Å². The molecule has 21 heavy (non-hydrogen) atoms. The van der Waals surface area contributed by atoms with E-state index < -0.39 is 0 Å². The van der Waals surface area contributed by atoms with Crippen LogP contribution in [0.15, 0.2) is 18.5 Å². The topological polar surface area (TPSA) is 62.3 Å². The minimum atomic E-state index is -0.175. The molecule has 1 atom stereocenters. The highest BCUT2D eigenvalue weighted by Crippen LogP contribution is 2.18. The third-order valence-electron chi connectivity index (χ3n) is 3.73. The zero-order valence-electron chi connectivity index (χ0n) is 12.8. The molecular formula is C16H23N3O2. The summed E-state index contributed by atoms with van der Waals surface area (Å²) in [5.74, 6) is 0.330. The largest absolute Gasteiger partial charge is 0.352 e. The van der Waals surface area contributed by atoms with Gasteiger partial charge >= 0.3 is 0 Å². The second-order valence-corrected chi connectivity index (χ2v) is 5.72.